The maximum atomic E-state index is 13.2. The van der Waals surface area contributed by atoms with E-state index in [-0.39, 0.29) is 11.9 Å². The molecule has 1 amide bonds. The van der Waals surface area contributed by atoms with Crippen LogP contribution in [0.1, 0.15) is 24.8 Å². The van der Waals surface area contributed by atoms with E-state index in [1.54, 1.807) is 18.5 Å². The average molecular weight is 404 g/mol. The van der Waals surface area contributed by atoms with Gasteiger partial charge in [-0.05, 0) is 55.9 Å². The standard InChI is InChI=1S/C22H21FN6O/c1-13-3-5-16(10-17(13)20-26-11-15(23)12-27-20)28-21(30)18-6-4-14-9-19(14)29(18)22-24-7-2-8-25-22/h2-3,5,7-8,10-12,14,18-19H,4,6,9H2,1H3,(H,28,30)/t14-,18+,19+/m0/s1. The van der Waals surface area contributed by atoms with Crippen molar-refractivity contribution in [3.63, 3.8) is 0 Å². The topological polar surface area (TPSA) is 83.9 Å². The second kappa shape index (κ2) is 7.44. The molecule has 7 nitrogen and oxygen atoms in total. The summed E-state index contributed by atoms with van der Waals surface area (Å²) in [6.07, 6.45) is 8.58. The van der Waals surface area contributed by atoms with Gasteiger partial charge in [0.15, 0.2) is 11.6 Å². The monoisotopic (exact) mass is 404 g/mol. The predicted octanol–water partition coefficient (Wildman–Crippen LogP) is 3.38. The van der Waals surface area contributed by atoms with Crippen molar-refractivity contribution in [2.75, 3.05) is 10.2 Å². The smallest absolute Gasteiger partial charge is 0.247 e. The lowest BCUT2D eigenvalue weighted by molar-refractivity contribution is -0.117. The molecule has 1 aliphatic carbocycles. The van der Waals surface area contributed by atoms with Crippen molar-refractivity contribution >= 4 is 17.5 Å². The van der Waals surface area contributed by atoms with Crippen LogP contribution in [0.2, 0.25) is 0 Å². The number of fused-ring (bicyclic) bond motifs is 1. The molecular formula is C22H21FN6O. The molecule has 1 saturated carbocycles. The number of hydrogen-bond donors (Lipinski definition) is 1. The first-order valence-electron chi connectivity index (χ1n) is 10.0. The summed E-state index contributed by atoms with van der Waals surface area (Å²) >= 11 is 0. The van der Waals surface area contributed by atoms with Crippen molar-refractivity contribution in [2.24, 2.45) is 5.92 Å². The number of carbonyl (C=O) groups is 1. The number of rotatable bonds is 4. The number of halogens is 1. The quantitative estimate of drug-likeness (QED) is 0.718. The van der Waals surface area contributed by atoms with Gasteiger partial charge < -0.3 is 10.2 Å². The summed E-state index contributed by atoms with van der Waals surface area (Å²) in [5.41, 5.74) is 2.35. The van der Waals surface area contributed by atoms with E-state index in [4.69, 9.17) is 0 Å². The third kappa shape index (κ3) is 3.49. The van der Waals surface area contributed by atoms with E-state index in [1.807, 2.05) is 25.1 Å². The third-order valence-electron chi connectivity index (χ3n) is 5.84. The SMILES string of the molecule is Cc1ccc(NC(=O)[C@H]2CC[C@H]3C[C@H]3N2c2ncccn2)cc1-c1ncc(F)cn1. The van der Waals surface area contributed by atoms with E-state index in [1.165, 1.54) is 0 Å². The molecule has 8 heteroatoms. The number of aromatic nitrogens is 4. The highest BCUT2D eigenvalue weighted by molar-refractivity contribution is 5.97. The van der Waals surface area contributed by atoms with E-state index in [0.717, 1.165) is 42.8 Å². The Morgan fingerprint density at radius 1 is 1.13 bits per heavy atom. The van der Waals surface area contributed by atoms with Crippen LogP contribution in [-0.4, -0.2) is 37.9 Å². The lowest BCUT2D eigenvalue weighted by Crippen LogP contribution is -2.49. The van der Waals surface area contributed by atoms with Gasteiger partial charge in [0.2, 0.25) is 11.9 Å². The number of nitrogens with one attached hydrogen (secondary N) is 1. The number of nitrogens with zero attached hydrogens (tertiary/aromatic N) is 5. The van der Waals surface area contributed by atoms with Gasteiger partial charge in [-0.2, -0.15) is 0 Å². The number of amides is 1. The van der Waals surface area contributed by atoms with Crippen LogP contribution in [0.5, 0.6) is 0 Å². The van der Waals surface area contributed by atoms with Gasteiger partial charge in [0.05, 0.1) is 12.4 Å². The number of hydrogen-bond acceptors (Lipinski definition) is 6. The molecule has 0 radical (unpaired) electrons. The number of aryl methyl sites for hydroxylation is 1. The highest BCUT2D eigenvalue weighted by Gasteiger charge is 2.50. The molecule has 0 spiro atoms. The fourth-order valence-corrected chi connectivity index (χ4v) is 4.21. The molecule has 1 saturated heterocycles. The predicted molar refractivity (Wildman–Crippen MR) is 110 cm³/mol. The fraction of sp³-hybridized carbons (Fsp3) is 0.318. The molecule has 3 aromatic rings. The summed E-state index contributed by atoms with van der Waals surface area (Å²) in [6, 6.07) is 7.37. The van der Waals surface area contributed by atoms with Crippen LogP contribution >= 0.6 is 0 Å². The van der Waals surface area contributed by atoms with E-state index in [0.29, 0.717) is 29.4 Å². The summed E-state index contributed by atoms with van der Waals surface area (Å²) in [7, 11) is 0. The normalized spacial score (nSPS) is 22.3. The molecule has 0 unspecified atom stereocenters. The Hall–Kier alpha value is -3.42. The van der Waals surface area contributed by atoms with Gasteiger partial charge in [-0.3, -0.25) is 4.79 Å². The molecule has 3 heterocycles. The summed E-state index contributed by atoms with van der Waals surface area (Å²) in [6.45, 7) is 1.93. The van der Waals surface area contributed by atoms with Crippen LogP contribution in [0.15, 0.2) is 49.1 Å². The zero-order valence-corrected chi connectivity index (χ0v) is 16.5. The Balaban J connectivity index is 1.39. The van der Waals surface area contributed by atoms with Crippen LogP contribution in [0, 0.1) is 18.7 Å². The van der Waals surface area contributed by atoms with Crippen LogP contribution in [0.25, 0.3) is 11.4 Å². The number of benzene rings is 1. The molecule has 30 heavy (non-hydrogen) atoms. The highest BCUT2D eigenvalue weighted by Crippen LogP contribution is 2.46. The molecule has 2 aliphatic rings. The van der Waals surface area contributed by atoms with Gasteiger partial charge in [0, 0.05) is 29.7 Å². The minimum absolute atomic E-state index is 0.0809. The molecule has 1 N–H and O–H groups in total. The summed E-state index contributed by atoms with van der Waals surface area (Å²) in [4.78, 5) is 32.2. The Kier molecular flexibility index (Phi) is 4.61. The van der Waals surface area contributed by atoms with Crippen LogP contribution in [0.3, 0.4) is 0 Å². The zero-order chi connectivity index (χ0) is 20.7. The van der Waals surface area contributed by atoms with Crippen molar-refractivity contribution in [2.45, 2.75) is 38.3 Å². The zero-order valence-electron chi connectivity index (χ0n) is 16.5. The van der Waals surface area contributed by atoms with E-state index in [9.17, 15) is 9.18 Å². The Morgan fingerprint density at radius 3 is 2.67 bits per heavy atom. The average Bonchev–Trinajstić information content (AvgIpc) is 3.55. The van der Waals surface area contributed by atoms with Gasteiger partial charge >= 0.3 is 0 Å². The lowest BCUT2D eigenvalue weighted by Gasteiger charge is -2.34. The van der Waals surface area contributed by atoms with Crippen molar-refractivity contribution in [3.8, 4) is 11.4 Å². The highest BCUT2D eigenvalue weighted by atomic mass is 19.1. The first kappa shape index (κ1) is 18.6. The first-order valence-corrected chi connectivity index (χ1v) is 10.0. The van der Waals surface area contributed by atoms with Gasteiger partial charge in [0.25, 0.3) is 0 Å². The molecule has 0 bridgehead atoms. The van der Waals surface area contributed by atoms with Crippen molar-refractivity contribution in [1.29, 1.82) is 0 Å². The minimum Gasteiger partial charge on any atom is -0.326 e. The molecule has 2 aromatic heterocycles. The summed E-state index contributed by atoms with van der Waals surface area (Å²) in [5.74, 6) is 1.08. The fourth-order valence-electron chi connectivity index (χ4n) is 4.21. The molecule has 3 atom stereocenters. The van der Waals surface area contributed by atoms with Crippen molar-refractivity contribution < 1.29 is 9.18 Å². The third-order valence-corrected chi connectivity index (χ3v) is 5.84. The number of piperidine rings is 1. The Morgan fingerprint density at radius 2 is 1.90 bits per heavy atom. The van der Waals surface area contributed by atoms with Gasteiger partial charge in [-0.15, -0.1) is 0 Å². The van der Waals surface area contributed by atoms with Gasteiger partial charge in [0.1, 0.15) is 6.04 Å². The lowest BCUT2D eigenvalue weighted by atomic mass is 10.0. The van der Waals surface area contributed by atoms with E-state index >= 15 is 0 Å². The first-order chi connectivity index (χ1) is 14.6. The molecular weight excluding hydrogens is 383 g/mol. The summed E-state index contributed by atoms with van der Waals surface area (Å²) in [5, 5.41) is 3.03. The molecule has 1 aromatic carbocycles. The maximum absolute atomic E-state index is 13.2. The number of carbonyl (C=O) groups excluding carboxylic acids is 1. The second-order valence-electron chi connectivity index (χ2n) is 7.86. The van der Waals surface area contributed by atoms with Gasteiger partial charge in [-0.25, -0.2) is 24.3 Å². The van der Waals surface area contributed by atoms with E-state index in [2.05, 4.69) is 30.2 Å². The maximum Gasteiger partial charge on any atom is 0.247 e. The second-order valence-corrected chi connectivity index (χ2v) is 7.86. The van der Waals surface area contributed by atoms with Crippen molar-refractivity contribution in [1.82, 2.24) is 19.9 Å². The van der Waals surface area contributed by atoms with Crippen LogP contribution in [-0.2, 0) is 4.79 Å². The van der Waals surface area contributed by atoms with Gasteiger partial charge in [-0.1, -0.05) is 6.07 Å². The van der Waals surface area contributed by atoms with Crippen LogP contribution < -0.4 is 10.2 Å². The number of anilines is 2. The Labute approximate surface area is 173 Å². The molecule has 1 aliphatic heterocycles. The van der Waals surface area contributed by atoms with Crippen LogP contribution in [0.4, 0.5) is 16.0 Å². The molecule has 5 rings (SSSR count). The Bertz CT molecular complexity index is 1070. The van der Waals surface area contributed by atoms with Crippen molar-refractivity contribution in [3.05, 3.63) is 60.4 Å². The summed E-state index contributed by atoms with van der Waals surface area (Å²) < 4.78 is 13.2. The van der Waals surface area contributed by atoms with E-state index < -0.39 is 5.82 Å². The molecule has 152 valence electrons. The molecule has 2 fully saturated rings. The minimum atomic E-state index is -0.486. The largest absolute Gasteiger partial charge is 0.326 e.